The van der Waals surface area contributed by atoms with Crippen LogP contribution in [0.1, 0.15) is 44.4 Å². The first kappa shape index (κ1) is 19.3. The van der Waals surface area contributed by atoms with Crippen molar-refractivity contribution in [3.63, 3.8) is 0 Å². The third-order valence-corrected chi connectivity index (χ3v) is 3.80. The number of ether oxygens (including phenoxy) is 1. The van der Waals surface area contributed by atoms with Crippen LogP contribution in [0, 0.1) is 0 Å². The third kappa shape index (κ3) is 4.88. The number of carboxylic acids is 1. The van der Waals surface area contributed by atoms with Crippen LogP contribution in [0.2, 0.25) is 10.0 Å². The lowest BCUT2D eigenvalue weighted by molar-refractivity contribution is -0.145. The molecule has 0 saturated carbocycles. The van der Waals surface area contributed by atoms with Gasteiger partial charge in [0, 0.05) is 15.6 Å². The van der Waals surface area contributed by atoms with E-state index < -0.39 is 12.1 Å². The average Bonchev–Trinajstić information content (AvgIpc) is 2.45. The van der Waals surface area contributed by atoms with Gasteiger partial charge < -0.3 is 9.84 Å². The second-order valence-electron chi connectivity index (χ2n) is 5.23. The summed E-state index contributed by atoms with van der Waals surface area (Å²) in [5.41, 5.74) is 1.40. The summed E-state index contributed by atoms with van der Waals surface area (Å²) in [7, 11) is 0. The molecule has 0 aliphatic carbocycles. The van der Waals surface area contributed by atoms with Gasteiger partial charge in [0.1, 0.15) is 5.75 Å². The Morgan fingerprint density at radius 1 is 1.13 bits per heavy atom. The van der Waals surface area contributed by atoms with Crippen molar-refractivity contribution >= 4 is 29.2 Å². The number of hydrogen-bond acceptors (Lipinski definition) is 2. The van der Waals surface area contributed by atoms with E-state index in [4.69, 9.17) is 27.9 Å². The molecule has 0 spiro atoms. The van der Waals surface area contributed by atoms with Gasteiger partial charge in [-0.15, -0.1) is 0 Å². The number of benzene rings is 2. The van der Waals surface area contributed by atoms with Crippen LogP contribution in [0.4, 0.5) is 0 Å². The smallest absolute Gasteiger partial charge is 0.349 e. The molecule has 0 amide bonds. The van der Waals surface area contributed by atoms with Crippen molar-refractivity contribution in [3.8, 4) is 5.75 Å². The van der Waals surface area contributed by atoms with Crippen LogP contribution in [0.5, 0.6) is 5.75 Å². The van der Waals surface area contributed by atoms with Crippen LogP contribution in [0.25, 0.3) is 0 Å². The van der Waals surface area contributed by atoms with E-state index in [2.05, 4.69) is 0 Å². The molecule has 0 aromatic heterocycles. The van der Waals surface area contributed by atoms with Gasteiger partial charge in [-0.1, -0.05) is 56.6 Å². The summed E-state index contributed by atoms with van der Waals surface area (Å²) < 4.78 is 5.65. The van der Waals surface area contributed by atoms with Gasteiger partial charge in [0.15, 0.2) is 0 Å². The highest BCUT2D eigenvalue weighted by molar-refractivity contribution is 6.31. The largest absolute Gasteiger partial charge is 0.478 e. The van der Waals surface area contributed by atoms with E-state index in [9.17, 15) is 9.90 Å². The zero-order chi connectivity index (χ0) is 16.3. The van der Waals surface area contributed by atoms with E-state index in [1.165, 1.54) is 0 Å². The van der Waals surface area contributed by atoms with Gasteiger partial charge in [-0.05, 0) is 41.8 Å². The maximum atomic E-state index is 11.5. The Morgan fingerprint density at radius 3 is 2.39 bits per heavy atom. The maximum absolute atomic E-state index is 11.5. The van der Waals surface area contributed by atoms with Crippen molar-refractivity contribution in [2.24, 2.45) is 0 Å². The number of halogens is 2. The van der Waals surface area contributed by atoms with Crippen molar-refractivity contribution in [2.75, 3.05) is 0 Å². The number of aliphatic carboxylic acids is 1. The summed E-state index contributed by atoms with van der Waals surface area (Å²) >= 11 is 12.1. The predicted octanol–water partition coefficient (Wildman–Crippen LogP) is 5.96. The Bertz CT molecular complexity index is 684. The van der Waals surface area contributed by atoms with Crippen molar-refractivity contribution in [3.05, 3.63) is 63.6 Å². The Hall–Kier alpha value is -1.71. The summed E-state index contributed by atoms with van der Waals surface area (Å²) in [4.78, 5) is 11.5. The fourth-order valence-corrected chi connectivity index (χ4v) is 2.64. The van der Waals surface area contributed by atoms with Crippen molar-refractivity contribution < 1.29 is 14.6 Å². The van der Waals surface area contributed by atoms with E-state index in [1.807, 2.05) is 13.8 Å². The third-order valence-electron chi connectivity index (χ3n) is 3.22. The number of carbonyl (C=O) groups is 1. The molecule has 0 aliphatic heterocycles. The first-order chi connectivity index (χ1) is 10.4. The lowest BCUT2D eigenvalue weighted by atomic mass is 10.0. The molecule has 2 rings (SSSR count). The highest BCUT2D eigenvalue weighted by atomic mass is 35.5. The van der Waals surface area contributed by atoms with Gasteiger partial charge >= 0.3 is 5.97 Å². The van der Waals surface area contributed by atoms with Gasteiger partial charge in [-0.2, -0.15) is 0 Å². The van der Waals surface area contributed by atoms with Crippen LogP contribution in [0.15, 0.2) is 42.5 Å². The molecule has 0 fully saturated rings. The van der Waals surface area contributed by atoms with Crippen molar-refractivity contribution in [2.45, 2.75) is 33.3 Å². The number of hydrogen-bond donors (Lipinski definition) is 1. The van der Waals surface area contributed by atoms with Crippen LogP contribution in [-0.2, 0) is 4.79 Å². The molecule has 124 valence electrons. The summed E-state index contributed by atoms with van der Waals surface area (Å²) in [5, 5.41) is 10.5. The maximum Gasteiger partial charge on any atom is 0.349 e. The molecule has 0 bridgehead atoms. The predicted molar refractivity (Wildman–Crippen MR) is 94.7 cm³/mol. The van der Waals surface area contributed by atoms with Gasteiger partial charge in [-0.3, -0.25) is 0 Å². The zero-order valence-electron chi connectivity index (χ0n) is 12.2. The second kappa shape index (κ2) is 8.23. The topological polar surface area (TPSA) is 46.5 Å². The van der Waals surface area contributed by atoms with Gasteiger partial charge in [0.05, 0.1) is 0 Å². The molecule has 0 heterocycles. The summed E-state index contributed by atoms with van der Waals surface area (Å²) in [6.07, 6.45) is -1.13. The standard InChI is InChI=1S/C17H16Cl2O3.CH4/c1-10(2)14-9-13(6-7-15(14)19)22-16(17(20)21)11-4-3-5-12(18)8-11;/h3-10,16H,1-2H3,(H,20,21);1H4. The van der Waals surface area contributed by atoms with E-state index in [1.54, 1.807) is 42.5 Å². The van der Waals surface area contributed by atoms with E-state index in [-0.39, 0.29) is 13.3 Å². The lowest BCUT2D eigenvalue weighted by Crippen LogP contribution is -2.18. The molecule has 2 aromatic rings. The monoisotopic (exact) mass is 354 g/mol. The van der Waals surface area contributed by atoms with Crippen molar-refractivity contribution in [1.29, 1.82) is 0 Å². The normalized spacial score (nSPS) is 11.7. The number of carboxylic acid groups (broad SMARTS) is 1. The van der Waals surface area contributed by atoms with Gasteiger partial charge in [0.2, 0.25) is 6.10 Å². The minimum Gasteiger partial charge on any atom is -0.478 e. The number of rotatable bonds is 5. The summed E-state index contributed by atoms with van der Waals surface area (Å²) in [6, 6.07) is 11.8. The molecule has 5 heteroatoms. The van der Waals surface area contributed by atoms with Crippen LogP contribution in [-0.4, -0.2) is 11.1 Å². The summed E-state index contributed by atoms with van der Waals surface area (Å²) in [6.45, 7) is 4.02. The molecule has 0 saturated heterocycles. The van der Waals surface area contributed by atoms with Gasteiger partial charge in [0.25, 0.3) is 0 Å². The minimum atomic E-state index is -1.13. The first-order valence-corrected chi connectivity index (χ1v) is 7.58. The molecule has 1 atom stereocenters. The quantitative estimate of drug-likeness (QED) is 0.720. The van der Waals surface area contributed by atoms with E-state index in [0.29, 0.717) is 21.4 Å². The SMILES string of the molecule is C.CC(C)c1cc(OC(C(=O)O)c2cccc(Cl)c2)ccc1Cl. The minimum absolute atomic E-state index is 0. The fourth-order valence-electron chi connectivity index (χ4n) is 2.10. The molecule has 1 N–H and O–H groups in total. The molecular weight excluding hydrogens is 335 g/mol. The highest BCUT2D eigenvalue weighted by Crippen LogP contribution is 2.31. The van der Waals surface area contributed by atoms with Crippen LogP contribution in [0.3, 0.4) is 0 Å². The average molecular weight is 355 g/mol. The van der Waals surface area contributed by atoms with Crippen molar-refractivity contribution in [1.82, 2.24) is 0 Å². The fraction of sp³-hybridized carbons (Fsp3) is 0.278. The molecule has 0 aliphatic rings. The lowest BCUT2D eigenvalue weighted by Gasteiger charge is -2.17. The Kier molecular flexibility index (Phi) is 6.92. The Labute approximate surface area is 146 Å². The molecular formula is C18H20Cl2O3. The molecule has 2 aromatic carbocycles. The zero-order valence-corrected chi connectivity index (χ0v) is 13.7. The molecule has 23 heavy (non-hydrogen) atoms. The highest BCUT2D eigenvalue weighted by Gasteiger charge is 2.22. The summed E-state index contributed by atoms with van der Waals surface area (Å²) in [5.74, 6) is -0.408. The molecule has 3 nitrogen and oxygen atoms in total. The molecule has 0 radical (unpaired) electrons. The van der Waals surface area contributed by atoms with E-state index in [0.717, 1.165) is 5.56 Å². The molecule has 1 unspecified atom stereocenters. The van der Waals surface area contributed by atoms with Gasteiger partial charge in [-0.25, -0.2) is 4.79 Å². The first-order valence-electron chi connectivity index (χ1n) is 6.83. The van der Waals surface area contributed by atoms with E-state index >= 15 is 0 Å². The Balaban J connectivity index is 0.00000264. The van der Waals surface area contributed by atoms with Crippen LogP contribution < -0.4 is 4.74 Å². The second-order valence-corrected chi connectivity index (χ2v) is 6.07. The van der Waals surface area contributed by atoms with Crippen LogP contribution >= 0.6 is 23.2 Å². The Morgan fingerprint density at radius 2 is 1.83 bits per heavy atom.